The van der Waals surface area contributed by atoms with E-state index in [2.05, 4.69) is 9.97 Å². The summed E-state index contributed by atoms with van der Waals surface area (Å²) < 4.78 is 28.1. The largest absolute Gasteiger partial charge is 0.283 e. The maximum Gasteiger partial charge on any atom is 0.266 e. The fourth-order valence-corrected chi connectivity index (χ4v) is 3.54. The van der Waals surface area contributed by atoms with Crippen LogP contribution in [0.15, 0.2) is 84.7 Å². The lowest BCUT2D eigenvalue weighted by Gasteiger charge is -2.06. The van der Waals surface area contributed by atoms with Crippen molar-refractivity contribution in [3.8, 4) is 5.82 Å². The summed E-state index contributed by atoms with van der Waals surface area (Å²) in [6.45, 7) is 0. The number of aromatic nitrogens is 3. The van der Waals surface area contributed by atoms with Gasteiger partial charge in [0.05, 0.1) is 22.0 Å². The Balaban J connectivity index is 1.50. The van der Waals surface area contributed by atoms with E-state index in [1.165, 1.54) is 18.3 Å². The predicted molar refractivity (Wildman–Crippen MR) is 111 cm³/mol. The second-order valence-corrected chi connectivity index (χ2v) is 7.76. The van der Waals surface area contributed by atoms with E-state index in [4.69, 9.17) is 0 Å². The average molecular weight is 404 g/mol. The highest BCUT2D eigenvalue weighted by Gasteiger charge is 2.14. The van der Waals surface area contributed by atoms with E-state index in [-0.39, 0.29) is 5.56 Å². The third-order valence-corrected chi connectivity index (χ3v) is 5.15. The van der Waals surface area contributed by atoms with E-state index >= 15 is 0 Å². The molecule has 0 aliphatic rings. The van der Waals surface area contributed by atoms with E-state index in [0.717, 1.165) is 16.4 Å². The minimum atomic E-state index is -3.93. The maximum absolute atomic E-state index is 12.3. The van der Waals surface area contributed by atoms with Gasteiger partial charge in [-0.2, -0.15) is 0 Å². The molecular weight excluding hydrogens is 388 g/mol. The van der Waals surface area contributed by atoms with Gasteiger partial charge in [0.2, 0.25) is 0 Å². The minimum Gasteiger partial charge on any atom is -0.283 e. The van der Waals surface area contributed by atoms with Crippen molar-refractivity contribution in [1.29, 1.82) is 0 Å². The summed E-state index contributed by atoms with van der Waals surface area (Å²) >= 11 is 0. The zero-order valence-corrected chi connectivity index (χ0v) is 16.0. The number of hydrogen-bond donors (Lipinski definition) is 1. The van der Waals surface area contributed by atoms with Crippen molar-refractivity contribution in [1.82, 2.24) is 19.3 Å². The van der Waals surface area contributed by atoms with Gasteiger partial charge in [-0.05, 0) is 35.9 Å². The summed E-state index contributed by atoms with van der Waals surface area (Å²) in [6.07, 6.45) is 4.39. The quantitative estimate of drug-likeness (QED) is 0.551. The molecule has 0 saturated heterocycles. The number of sulfonamides is 1. The molecule has 0 aliphatic heterocycles. The fourth-order valence-electron chi connectivity index (χ4n) is 2.76. The molecule has 1 amide bonds. The monoisotopic (exact) mass is 404 g/mol. The molecule has 0 unspecified atom stereocenters. The second-order valence-electron chi connectivity index (χ2n) is 6.20. The highest BCUT2D eigenvalue weighted by Crippen LogP contribution is 2.16. The molecule has 0 spiro atoms. The average Bonchev–Trinajstić information content (AvgIpc) is 3.17. The summed E-state index contributed by atoms with van der Waals surface area (Å²) in [5.74, 6) is -0.181. The van der Waals surface area contributed by atoms with Crippen molar-refractivity contribution < 1.29 is 13.2 Å². The van der Waals surface area contributed by atoms with Crippen molar-refractivity contribution in [2.24, 2.45) is 0 Å². The number of fused-ring (bicyclic) bond motifs is 1. The zero-order valence-electron chi connectivity index (χ0n) is 15.1. The van der Waals surface area contributed by atoms with Crippen LogP contribution in [-0.4, -0.2) is 28.9 Å². The number of pyridine rings is 1. The lowest BCUT2D eigenvalue weighted by Crippen LogP contribution is -2.28. The standard InChI is InChI=1S/C21H16N4O3S/c26-21(24-29(27,28)13-12-16-6-2-1-3-7-16)17-10-11-20(22-14-17)25-15-23-18-8-4-5-9-19(18)25/h1-15H,(H,24,26)/b13-12+. The zero-order chi connectivity index (χ0) is 20.3. The van der Waals surface area contributed by atoms with Crippen LogP contribution in [0.2, 0.25) is 0 Å². The highest BCUT2D eigenvalue weighted by molar-refractivity contribution is 7.93. The van der Waals surface area contributed by atoms with Crippen LogP contribution in [0.5, 0.6) is 0 Å². The first-order valence-electron chi connectivity index (χ1n) is 8.71. The molecule has 0 atom stereocenters. The Hall–Kier alpha value is -3.78. The predicted octanol–water partition coefficient (Wildman–Crippen LogP) is 3.15. The lowest BCUT2D eigenvalue weighted by atomic mass is 10.2. The van der Waals surface area contributed by atoms with Gasteiger partial charge in [-0.1, -0.05) is 42.5 Å². The molecule has 2 aromatic carbocycles. The van der Waals surface area contributed by atoms with Gasteiger partial charge < -0.3 is 0 Å². The van der Waals surface area contributed by atoms with Gasteiger partial charge in [0.1, 0.15) is 12.1 Å². The fraction of sp³-hybridized carbons (Fsp3) is 0. The van der Waals surface area contributed by atoms with Crippen LogP contribution in [0.3, 0.4) is 0 Å². The number of benzene rings is 2. The number of rotatable bonds is 5. The Bertz CT molecular complexity index is 1290. The first-order chi connectivity index (χ1) is 14.0. The van der Waals surface area contributed by atoms with Gasteiger partial charge in [-0.3, -0.25) is 9.36 Å². The molecule has 29 heavy (non-hydrogen) atoms. The number of imidazole rings is 1. The number of para-hydroxylation sites is 2. The van der Waals surface area contributed by atoms with E-state index in [1.54, 1.807) is 41.2 Å². The Morgan fingerprint density at radius 1 is 0.931 bits per heavy atom. The molecule has 0 radical (unpaired) electrons. The van der Waals surface area contributed by atoms with Crippen molar-refractivity contribution in [3.05, 3.63) is 95.8 Å². The normalized spacial score (nSPS) is 11.7. The number of carbonyl (C=O) groups excluding carboxylic acids is 1. The van der Waals surface area contributed by atoms with Crippen LogP contribution >= 0.6 is 0 Å². The summed E-state index contributed by atoms with van der Waals surface area (Å²) in [5, 5.41) is 0.958. The highest BCUT2D eigenvalue weighted by atomic mass is 32.2. The molecule has 7 nitrogen and oxygen atoms in total. The Morgan fingerprint density at radius 2 is 1.69 bits per heavy atom. The topological polar surface area (TPSA) is 94.0 Å². The number of nitrogens with one attached hydrogen (secondary N) is 1. The number of carbonyl (C=O) groups is 1. The van der Waals surface area contributed by atoms with Gasteiger partial charge in [0.15, 0.2) is 0 Å². The molecule has 0 bridgehead atoms. The molecule has 4 aromatic rings. The molecule has 0 aliphatic carbocycles. The third kappa shape index (κ3) is 4.22. The number of nitrogens with zero attached hydrogens (tertiary/aromatic N) is 3. The van der Waals surface area contributed by atoms with Gasteiger partial charge in [0, 0.05) is 6.20 Å². The van der Waals surface area contributed by atoms with Crippen LogP contribution in [0.1, 0.15) is 15.9 Å². The maximum atomic E-state index is 12.3. The van der Waals surface area contributed by atoms with Crippen LogP contribution < -0.4 is 4.72 Å². The number of hydrogen-bond acceptors (Lipinski definition) is 5. The lowest BCUT2D eigenvalue weighted by molar-refractivity contribution is 0.0981. The molecular formula is C21H16N4O3S. The van der Waals surface area contributed by atoms with Crippen LogP contribution in [0.4, 0.5) is 0 Å². The molecule has 2 aromatic heterocycles. The first-order valence-corrected chi connectivity index (χ1v) is 10.3. The Labute approximate surface area is 167 Å². The van der Waals surface area contributed by atoms with Gasteiger partial charge in [-0.25, -0.2) is 23.1 Å². The van der Waals surface area contributed by atoms with Gasteiger partial charge in [0.25, 0.3) is 15.9 Å². The third-order valence-electron chi connectivity index (χ3n) is 4.18. The molecule has 1 N–H and O–H groups in total. The summed E-state index contributed by atoms with van der Waals surface area (Å²) in [4.78, 5) is 20.9. The van der Waals surface area contributed by atoms with Crippen molar-refractivity contribution >= 4 is 33.0 Å². The van der Waals surface area contributed by atoms with Crippen molar-refractivity contribution in [2.75, 3.05) is 0 Å². The van der Waals surface area contributed by atoms with E-state index in [0.29, 0.717) is 11.4 Å². The van der Waals surface area contributed by atoms with Gasteiger partial charge >= 0.3 is 0 Å². The molecule has 4 rings (SSSR count). The first kappa shape index (κ1) is 18.6. The second kappa shape index (κ2) is 7.69. The van der Waals surface area contributed by atoms with Crippen molar-refractivity contribution in [3.63, 3.8) is 0 Å². The Kier molecular flexibility index (Phi) is 4.92. The minimum absolute atomic E-state index is 0.134. The molecule has 0 saturated carbocycles. The van der Waals surface area contributed by atoms with Crippen LogP contribution in [-0.2, 0) is 10.0 Å². The van der Waals surface area contributed by atoms with Crippen molar-refractivity contribution in [2.45, 2.75) is 0 Å². The van der Waals surface area contributed by atoms with E-state index in [9.17, 15) is 13.2 Å². The smallest absolute Gasteiger partial charge is 0.266 e. The van der Waals surface area contributed by atoms with Gasteiger partial charge in [-0.15, -0.1) is 0 Å². The number of amides is 1. The summed E-state index contributed by atoms with van der Waals surface area (Å²) in [7, 11) is -3.93. The molecule has 8 heteroatoms. The summed E-state index contributed by atoms with van der Waals surface area (Å²) in [6, 6.07) is 19.7. The molecule has 0 fully saturated rings. The van der Waals surface area contributed by atoms with Crippen LogP contribution in [0, 0.1) is 0 Å². The Morgan fingerprint density at radius 3 is 2.45 bits per heavy atom. The molecule has 144 valence electrons. The summed E-state index contributed by atoms with van der Waals surface area (Å²) in [5.41, 5.74) is 2.55. The van der Waals surface area contributed by atoms with E-state index < -0.39 is 15.9 Å². The molecule has 2 heterocycles. The van der Waals surface area contributed by atoms with Crippen LogP contribution in [0.25, 0.3) is 22.9 Å². The van der Waals surface area contributed by atoms with E-state index in [1.807, 2.05) is 35.1 Å². The SMILES string of the molecule is O=C(NS(=O)(=O)/C=C/c1ccccc1)c1ccc(-n2cnc3ccccc32)nc1.